The first-order valence-electron chi connectivity index (χ1n) is 6.98. The molecule has 1 aromatic carbocycles. The topological polar surface area (TPSA) is 70.2 Å². The first-order chi connectivity index (χ1) is 11.2. The van der Waals surface area contributed by atoms with Crippen LogP contribution >= 0.6 is 15.9 Å². The van der Waals surface area contributed by atoms with E-state index in [2.05, 4.69) is 41.1 Å². The number of halogens is 2. The lowest BCUT2D eigenvalue weighted by Crippen LogP contribution is -1.91. The van der Waals surface area contributed by atoms with Crippen molar-refractivity contribution < 1.29 is 4.39 Å². The molecule has 0 radical (unpaired) electrons. The standard InChI is InChI=1S/C16H11BrFN5/c17-10-6-12-13(8-20-15(12)19-7-10)16-21-14(22-23-16)5-9-2-1-3-11(18)4-9/h1-4,6-8H,5H2,(H,19,20)(H,21,22,23). The zero-order valence-electron chi connectivity index (χ0n) is 11.8. The molecule has 5 nitrogen and oxygen atoms in total. The molecule has 0 fully saturated rings. The van der Waals surface area contributed by atoms with Gasteiger partial charge >= 0.3 is 0 Å². The van der Waals surface area contributed by atoms with E-state index in [-0.39, 0.29) is 5.82 Å². The third-order valence-corrected chi connectivity index (χ3v) is 3.96. The fourth-order valence-corrected chi connectivity index (χ4v) is 2.83. The van der Waals surface area contributed by atoms with Crippen LogP contribution in [0.15, 0.2) is 47.2 Å². The Bertz CT molecular complexity index is 991. The van der Waals surface area contributed by atoms with E-state index in [4.69, 9.17) is 0 Å². The molecule has 0 spiro atoms. The summed E-state index contributed by atoms with van der Waals surface area (Å²) in [5.74, 6) is 1.01. The molecule has 0 aliphatic carbocycles. The van der Waals surface area contributed by atoms with E-state index in [1.807, 2.05) is 18.3 Å². The Hall–Kier alpha value is -2.54. The third-order valence-electron chi connectivity index (χ3n) is 3.53. The molecular formula is C16H11BrFN5. The van der Waals surface area contributed by atoms with Gasteiger partial charge in [0.25, 0.3) is 0 Å². The summed E-state index contributed by atoms with van der Waals surface area (Å²) in [5, 5.41) is 8.12. The second-order valence-electron chi connectivity index (χ2n) is 5.16. The summed E-state index contributed by atoms with van der Waals surface area (Å²) in [5.41, 5.74) is 2.49. The molecule has 0 atom stereocenters. The predicted octanol–water partition coefficient (Wildman–Crippen LogP) is 3.84. The van der Waals surface area contributed by atoms with E-state index < -0.39 is 0 Å². The molecule has 0 saturated heterocycles. The van der Waals surface area contributed by atoms with Gasteiger partial charge in [0.2, 0.25) is 0 Å². The summed E-state index contributed by atoms with van der Waals surface area (Å²) >= 11 is 3.42. The molecule has 23 heavy (non-hydrogen) atoms. The van der Waals surface area contributed by atoms with Crippen LogP contribution in [0.25, 0.3) is 22.4 Å². The van der Waals surface area contributed by atoms with Crippen LogP contribution in [0.2, 0.25) is 0 Å². The fourth-order valence-electron chi connectivity index (χ4n) is 2.50. The van der Waals surface area contributed by atoms with E-state index in [0.717, 1.165) is 26.6 Å². The molecule has 3 aromatic heterocycles. The normalized spacial score (nSPS) is 11.2. The number of hydrogen-bond donors (Lipinski definition) is 2. The minimum absolute atomic E-state index is 0.255. The predicted molar refractivity (Wildman–Crippen MR) is 88.4 cm³/mol. The number of nitrogens with one attached hydrogen (secondary N) is 2. The summed E-state index contributed by atoms with van der Waals surface area (Å²) in [6.07, 6.45) is 4.06. The molecule has 0 amide bonds. The summed E-state index contributed by atoms with van der Waals surface area (Å²) in [7, 11) is 0. The van der Waals surface area contributed by atoms with Crippen LogP contribution in [0.3, 0.4) is 0 Å². The molecule has 4 aromatic rings. The highest BCUT2D eigenvalue weighted by Crippen LogP contribution is 2.27. The molecule has 0 aliphatic heterocycles. The average Bonchev–Trinajstić information content (AvgIpc) is 3.13. The van der Waals surface area contributed by atoms with Crippen molar-refractivity contribution in [2.75, 3.05) is 0 Å². The summed E-state index contributed by atoms with van der Waals surface area (Å²) in [6.45, 7) is 0. The van der Waals surface area contributed by atoms with Crippen LogP contribution in [0, 0.1) is 5.82 Å². The number of rotatable bonds is 3. The monoisotopic (exact) mass is 371 g/mol. The number of aromatic amines is 2. The van der Waals surface area contributed by atoms with Crippen molar-refractivity contribution in [2.24, 2.45) is 0 Å². The second-order valence-corrected chi connectivity index (χ2v) is 6.08. The summed E-state index contributed by atoms with van der Waals surface area (Å²) in [4.78, 5) is 11.9. The second kappa shape index (κ2) is 5.58. The number of hydrogen-bond acceptors (Lipinski definition) is 3. The maximum Gasteiger partial charge on any atom is 0.183 e. The minimum Gasteiger partial charge on any atom is -0.345 e. The van der Waals surface area contributed by atoms with Crippen LogP contribution in [0.1, 0.15) is 11.4 Å². The van der Waals surface area contributed by atoms with Gasteiger partial charge in [0.15, 0.2) is 5.82 Å². The van der Waals surface area contributed by atoms with Gasteiger partial charge < -0.3 is 4.98 Å². The average molecular weight is 372 g/mol. The Kier molecular flexibility index (Phi) is 3.42. The molecule has 0 saturated carbocycles. The fraction of sp³-hybridized carbons (Fsp3) is 0.0625. The van der Waals surface area contributed by atoms with Crippen LogP contribution in [0.4, 0.5) is 4.39 Å². The van der Waals surface area contributed by atoms with Crippen LogP contribution < -0.4 is 0 Å². The van der Waals surface area contributed by atoms with Crippen molar-refractivity contribution in [1.82, 2.24) is 25.1 Å². The van der Waals surface area contributed by atoms with Crippen molar-refractivity contribution >= 4 is 27.0 Å². The lowest BCUT2D eigenvalue weighted by molar-refractivity contribution is 0.626. The van der Waals surface area contributed by atoms with Gasteiger partial charge in [0, 0.05) is 34.2 Å². The molecule has 2 N–H and O–H groups in total. The molecular weight excluding hydrogens is 361 g/mol. The molecule has 114 valence electrons. The van der Waals surface area contributed by atoms with E-state index in [1.54, 1.807) is 12.3 Å². The molecule has 7 heteroatoms. The molecule has 0 aliphatic rings. The summed E-state index contributed by atoms with van der Waals surface area (Å²) < 4.78 is 14.1. The van der Waals surface area contributed by atoms with Gasteiger partial charge in [-0.15, -0.1) is 0 Å². The lowest BCUT2D eigenvalue weighted by Gasteiger charge is -1.97. The van der Waals surface area contributed by atoms with Gasteiger partial charge in [-0.05, 0) is 39.7 Å². The highest BCUT2D eigenvalue weighted by atomic mass is 79.9. The van der Waals surface area contributed by atoms with Gasteiger partial charge in [0.1, 0.15) is 17.3 Å². The van der Waals surface area contributed by atoms with Crippen molar-refractivity contribution in [3.63, 3.8) is 0 Å². The number of aromatic nitrogens is 5. The zero-order chi connectivity index (χ0) is 15.8. The highest BCUT2D eigenvalue weighted by Gasteiger charge is 2.12. The maximum absolute atomic E-state index is 13.2. The van der Waals surface area contributed by atoms with Crippen LogP contribution in [0.5, 0.6) is 0 Å². The number of H-pyrrole nitrogens is 2. The maximum atomic E-state index is 13.2. The van der Waals surface area contributed by atoms with Crippen molar-refractivity contribution in [2.45, 2.75) is 6.42 Å². The molecule has 4 rings (SSSR count). The number of fused-ring (bicyclic) bond motifs is 1. The van der Waals surface area contributed by atoms with Gasteiger partial charge in [-0.1, -0.05) is 12.1 Å². The SMILES string of the molecule is Fc1cccc(Cc2nc(-c3c[nH]c4ncc(Br)cc34)n[nH]2)c1. The van der Waals surface area contributed by atoms with E-state index in [9.17, 15) is 4.39 Å². The molecule has 0 bridgehead atoms. The van der Waals surface area contributed by atoms with Crippen molar-refractivity contribution in [3.8, 4) is 11.4 Å². The first-order valence-corrected chi connectivity index (χ1v) is 7.77. The van der Waals surface area contributed by atoms with Crippen molar-refractivity contribution in [1.29, 1.82) is 0 Å². The zero-order valence-corrected chi connectivity index (χ0v) is 13.4. The van der Waals surface area contributed by atoms with E-state index >= 15 is 0 Å². The molecule has 3 heterocycles. The van der Waals surface area contributed by atoms with Gasteiger partial charge in [-0.2, -0.15) is 5.10 Å². The number of pyridine rings is 1. The first kappa shape index (κ1) is 14.1. The Morgan fingerprint density at radius 2 is 2.13 bits per heavy atom. The third kappa shape index (κ3) is 2.75. The molecule has 0 unspecified atom stereocenters. The summed E-state index contributed by atoms with van der Waals surface area (Å²) in [6, 6.07) is 8.43. The van der Waals surface area contributed by atoms with Crippen molar-refractivity contribution in [3.05, 3.63) is 64.4 Å². The Morgan fingerprint density at radius 1 is 1.22 bits per heavy atom. The van der Waals surface area contributed by atoms with Gasteiger partial charge in [0.05, 0.1) is 0 Å². The Morgan fingerprint density at radius 3 is 3.00 bits per heavy atom. The van der Waals surface area contributed by atoms with E-state index in [1.165, 1.54) is 12.1 Å². The van der Waals surface area contributed by atoms with Gasteiger partial charge in [-0.3, -0.25) is 5.10 Å². The minimum atomic E-state index is -0.255. The lowest BCUT2D eigenvalue weighted by atomic mass is 10.1. The quantitative estimate of drug-likeness (QED) is 0.574. The smallest absolute Gasteiger partial charge is 0.183 e. The van der Waals surface area contributed by atoms with Gasteiger partial charge in [-0.25, -0.2) is 14.4 Å². The highest BCUT2D eigenvalue weighted by molar-refractivity contribution is 9.10. The number of nitrogens with zero attached hydrogens (tertiary/aromatic N) is 3. The Balaban J connectivity index is 1.68. The van der Waals surface area contributed by atoms with Crippen LogP contribution in [-0.4, -0.2) is 25.1 Å². The largest absolute Gasteiger partial charge is 0.345 e. The number of benzene rings is 1. The van der Waals surface area contributed by atoms with E-state index in [0.29, 0.717) is 18.1 Å². The van der Waals surface area contributed by atoms with Crippen LogP contribution in [-0.2, 0) is 6.42 Å². The Labute approximate surface area is 139 Å².